The maximum atomic E-state index is 4.87. The molecular formula is C20H20N2S. The fraction of sp³-hybridized carbons (Fsp3) is 0.250. The van der Waals surface area contributed by atoms with Gasteiger partial charge in [-0.05, 0) is 31.5 Å². The lowest BCUT2D eigenvalue weighted by atomic mass is 9.93. The van der Waals surface area contributed by atoms with Crippen molar-refractivity contribution in [2.45, 2.75) is 24.5 Å². The number of rotatable bonds is 2. The van der Waals surface area contributed by atoms with E-state index in [1.165, 1.54) is 22.5 Å². The molecule has 23 heavy (non-hydrogen) atoms. The minimum atomic E-state index is 0.340. The molecule has 2 nitrogen and oxygen atoms in total. The van der Waals surface area contributed by atoms with E-state index in [2.05, 4.69) is 85.6 Å². The normalized spacial score (nSPS) is 26.5. The summed E-state index contributed by atoms with van der Waals surface area (Å²) in [4.78, 5) is 0. The van der Waals surface area contributed by atoms with Crippen molar-refractivity contribution in [3.8, 4) is 0 Å². The first-order chi connectivity index (χ1) is 11.2. The summed E-state index contributed by atoms with van der Waals surface area (Å²) < 4.78 is 0. The molecule has 0 N–H and O–H groups in total. The van der Waals surface area contributed by atoms with Crippen LogP contribution in [0.4, 0.5) is 5.69 Å². The Labute approximate surface area is 141 Å². The topological polar surface area (TPSA) is 15.6 Å². The van der Waals surface area contributed by atoms with Crippen LogP contribution in [0.5, 0.6) is 0 Å². The Morgan fingerprint density at radius 1 is 0.913 bits per heavy atom. The Kier molecular flexibility index (Phi) is 3.74. The lowest BCUT2D eigenvalue weighted by Crippen LogP contribution is -2.33. The molecule has 3 atom stereocenters. The van der Waals surface area contributed by atoms with Crippen LogP contribution in [-0.2, 0) is 0 Å². The molecule has 2 aromatic rings. The number of hydrogen-bond donors (Lipinski definition) is 0. The molecule has 2 heterocycles. The van der Waals surface area contributed by atoms with Crippen molar-refractivity contribution in [3.63, 3.8) is 0 Å². The number of hydrogen-bond acceptors (Lipinski definition) is 3. The summed E-state index contributed by atoms with van der Waals surface area (Å²) in [5.41, 5.74) is 5.19. The fourth-order valence-electron chi connectivity index (χ4n) is 3.46. The van der Waals surface area contributed by atoms with Gasteiger partial charge in [0.15, 0.2) is 0 Å². The molecule has 2 aliphatic rings. The van der Waals surface area contributed by atoms with Crippen LogP contribution in [0.25, 0.3) is 0 Å². The summed E-state index contributed by atoms with van der Waals surface area (Å²) in [5, 5.41) is 7.81. The Bertz CT molecular complexity index is 752. The van der Waals surface area contributed by atoms with E-state index in [-0.39, 0.29) is 0 Å². The highest BCUT2D eigenvalue weighted by Gasteiger charge is 2.41. The molecule has 2 aliphatic heterocycles. The van der Waals surface area contributed by atoms with Crippen molar-refractivity contribution in [1.29, 1.82) is 0 Å². The highest BCUT2D eigenvalue weighted by Crippen LogP contribution is 2.49. The maximum absolute atomic E-state index is 4.87. The van der Waals surface area contributed by atoms with Crippen molar-refractivity contribution in [1.82, 2.24) is 0 Å². The highest BCUT2D eigenvalue weighted by molar-refractivity contribution is 8.00. The smallest absolute Gasteiger partial charge is 0.110 e. The largest absolute Gasteiger partial charge is 0.251 e. The number of benzene rings is 2. The van der Waals surface area contributed by atoms with Crippen LogP contribution in [0.1, 0.15) is 24.7 Å². The van der Waals surface area contributed by atoms with Gasteiger partial charge in [-0.3, -0.25) is 5.01 Å². The number of fused-ring (bicyclic) bond motifs is 1. The quantitative estimate of drug-likeness (QED) is 0.701. The van der Waals surface area contributed by atoms with E-state index in [4.69, 9.17) is 5.10 Å². The number of nitrogens with zero attached hydrogens (tertiary/aromatic N) is 2. The average Bonchev–Trinajstić information content (AvgIpc) is 2.94. The number of hydrazone groups is 1. The van der Waals surface area contributed by atoms with E-state index in [0.29, 0.717) is 16.5 Å². The number of thioether (sulfide) groups is 1. The summed E-state index contributed by atoms with van der Waals surface area (Å²) in [7, 11) is 0. The molecule has 0 saturated heterocycles. The molecule has 0 aliphatic carbocycles. The van der Waals surface area contributed by atoms with Gasteiger partial charge < -0.3 is 0 Å². The Morgan fingerprint density at radius 3 is 2.26 bits per heavy atom. The molecule has 4 rings (SSSR count). The first-order valence-corrected chi connectivity index (χ1v) is 8.96. The zero-order valence-corrected chi connectivity index (χ0v) is 14.2. The van der Waals surface area contributed by atoms with Gasteiger partial charge in [0.05, 0.1) is 16.9 Å². The Morgan fingerprint density at radius 2 is 1.57 bits per heavy atom. The highest BCUT2D eigenvalue weighted by atomic mass is 32.2. The SMILES string of the molecule is CC1=CC(c2ccccc2)SC2C1C(C)=NN2c1ccccc1. The molecule has 0 radical (unpaired) electrons. The molecule has 3 heteroatoms. The van der Waals surface area contributed by atoms with E-state index in [0.717, 1.165) is 0 Å². The van der Waals surface area contributed by atoms with E-state index < -0.39 is 0 Å². The summed E-state index contributed by atoms with van der Waals surface area (Å²) in [6.45, 7) is 4.40. The second-order valence-electron chi connectivity index (χ2n) is 6.17. The molecule has 0 amide bonds. The number of anilines is 1. The summed E-state index contributed by atoms with van der Waals surface area (Å²) in [6.07, 6.45) is 2.41. The minimum Gasteiger partial charge on any atom is -0.251 e. The monoisotopic (exact) mass is 320 g/mol. The van der Waals surface area contributed by atoms with Crippen molar-refractivity contribution in [2.75, 3.05) is 5.01 Å². The molecule has 0 bridgehead atoms. The zero-order chi connectivity index (χ0) is 15.8. The standard InChI is InChI=1S/C20H20N2S/c1-14-13-18(16-9-5-3-6-10-16)23-20-19(14)15(2)21-22(20)17-11-7-4-8-12-17/h3-13,18-20H,1-2H3. The maximum Gasteiger partial charge on any atom is 0.110 e. The van der Waals surface area contributed by atoms with Crippen LogP contribution in [0, 0.1) is 5.92 Å². The van der Waals surface area contributed by atoms with Crippen LogP contribution >= 0.6 is 11.8 Å². The molecule has 2 aromatic carbocycles. The van der Waals surface area contributed by atoms with E-state index >= 15 is 0 Å². The third kappa shape index (κ3) is 2.59. The van der Waals surface area contributed by atoms with E-state index in [9.17, 15) is 0 Å². The summed E-state index contributed by atoms with van der Waals surface area (Å²) in [6, 6.07) is 21.3. The fourth-order valence-corrected chi connectivity index (χ4v) is 5.22. The van der Waals surface area contributed by atoms with E-state index in [1.54, 1.807) is 0 Å². The predicted molar refractivity (Wildman–Crippen MR) is 99.8 cm³/mol. The van der Waals surface area contributed by atoms with Crippen LogP contribution in [0.15, 0.2) is 77.4 Å². The van der Waals surface area contributed by atoms with E-state index in [1.807, 2.05) is 11.8 Å². The predicted octanol–water partition coefficient (Wildman–Crippen LogP) is 5.26. The molecule has 116 valence electrons. The molecule has 3 unspecified atom stereocenters. The molecule has 0 aromatic heterocycles. The minimum absolute atomic E-state index is 0.340. The van der Waals surface area contributed by atoms with Gasteiger partial charge in [0.1, 0.15) is 5.37 Å². The first-order valence-electron chi connectivity index (χ1n) is 8.02. The molecule has 0 saturated carbocycles. The van der Waals surface area contributed by atoms with Gasteiger partial charge in [0, 0.05) is 5.71 Å². The zero-order valence-electron chi connectivity index (χ0n) is 13.4. The average molecular weight is 320 g/mol. The van der Waals surface area contributed by atoms with Crippen LogP contribution in [-0.4, -0.2) is 11.1 Å². The Balaban J connectivity index is 1.70. The van der Waals surface area contributed by atoms with Crippen LogP contribution < -0.4 is 5.01 Å². The van der Waals surface area contributed by atoms with Crippen molar-refractivity contribution in [3.05, 3.63) is 77.9 Å². The van der Waals surface area contributed by atoms with Gasteiger partial charge in [-0.15, -0.1) is 11.8 Å². The van der Waals surface area contributed by atoms with Gasteiger partial charge in [0.25, 0.3) is 0 Å². The second-order valence-corrected chi connectivity index (χ2v) is 7.43. The summed E-state index contributed by atoms with van der Waals surface area (Å²) >= 11 is 2.00. The molecular weight excluding hydrogens is 300 g/mol. The van der Waals surface area contributed by atoms with Gasteiger partial charge in [-0.2, -0.15) is 5.10 Å². The van der Waals surface area contributed by atoms with Crippen LogP contribution in [0.2, 0.25) is 0 Å². The van der Waals surface area contributed by atoms with Crippen LogP contribution in [0.3, 0.4) is 0 Å². The van der Waals surface area contributed by atoms with Crippen molar-refractivity contribution >= 4 is 23.2 Å². The third-order valence-corrected chi connectivity index (χ3v) is 6.03. The first kappa shape index (κ1) is 14.6. The van der Waals surface area contributed by atoms with Gasteiger partial charge in [-0.25, -0.2) is 0 Å². The lowest BCUT2D eigenvalue weighted by Gasteiger charge is -2.34. The van der Waals surface area contributed by atoms with Gasteiger partial charge in [-0.1, -0.05) is 60.2 Å². The number of para-hydroxylation sites is 1. The lowest BCUT2D eigenvalue weighted by molar-refractivity contribution is 0.726. The molecule has 0 spiro atoms. The van der Waals surface area contributed by atoms with Crippen molar-refractivity contribution in [2.24, 2.45) is 11.0 Å². The third-order valence-electron chi connectivity index (χ3n) is 4.58. The van der Waals surface area contributed by atoms with Crippen molar-refractivity contribution < 1.29 is 0 Å². The summed E-state index contributed by atoms with van der Waals surface area (Å²) in [5.74, 6) is 0.417. The van der Waals surface area contributed by atoms with Gasteiger partial charge in [0.2, 0.25) is 0 Å². The van der Waals surface area contributed by atoms with Gasteiger partial charge >= 0.3 is 0 Å². The Hall–Kier alpha value is -2.00. The molecule has 0 fully saturated rings. The second kappa shape index (κ2) is 5.89.